The number of unbranched alkanes of at least 4 members (excludes halogenated alkanes) is 8. The molecule has 1 rings (SSSR count). The van der Waals surface area contributed by atoms with Gasteiger partial charge in [-0.1, -0.05) is 82.8 Å². The molecule has 0 saturated heterocycles. The van der Waals surface area contributed by atoms with Gasteiger partial charge in [-0.3, -0.25) is 0 Å². The molecule has 0 radical (unpaired) electrons. The van der Waals surface area contributed by atoms with E-state index in [1.807, 2.05) is 24.3 Å². The summed E-state index contributed by atoms with van der Waals surface area (Å²) in [4.78, 5) is 0. The molecule has 1 heteroatoms. The van der Waals surface area contributed by atoms with E-state index >= 15 is 0 Å². The van der Waals surface area contributed by atoms with Gasteiger partial charge >= 0.3 is 0 Å². The van der Waals surface area contributed by atoms with Crippen molar-refractivity contribution < 1.29 is 5.11 Å². The monoisotopic (exact) mass is 286 g/mol. The highest BCUT2D eigenvalue weighted by Crippen LogP contribution is 2.20. The molecule has 116 valence electrons. The number of hydrogen-bond acceptors (Lipinski definition) is 1. The van der Waals surface area contributed by atoms with Crippen molar-refractivity contribution in [3.05, 3.63) is 35.4 Å². The maximum Gasteiger partial charge on any atom is 0.0790 e. The lowest BCUT2D eigenvalue weighted by atomic mass is 10.0. The molecule has 0 unspecified atom stereocenters. The van der Waals surface area contributed by atoms with Crippen molar-refractivity contribution in [2.24, 2.45) is 0 Å². The van der Waals surface area contributed by atoms with Crippen molar-refractivity contribution in [1.82, 2.24) is 0 Å². The first-order valence-electron chi connectivity index (χ1n) is 8.52. The first kappa shape index (κ1) is 17.8. The van der Waals surface area contributed by atoms with Crippen molar-refractivity contribution in [1.29, 1.82) is 0 Å². The van der Waals surface area contributed by atoms with Gasteiger partial charge in [0.15, 0.2) is 0 Å². The molecule has 0 fully saturated rings. The highest BCUT2D eigenvalue weighted by Gasteiger charge is 2.06. The average Bonchev–Trinajstić information content (AvgIpc) is 2.53. The van der Waals surface area contributed by atoms with Crippen LogP contribution in [-0.2, 0) is 0 Å². The van der Waals surface area contributed by atoms with E-state index in [1.54, 1.807) is 0 Å². The van der Waals surface area contributed by atoms with E-state index in [2.05, 4.69) is 12.8 Å². The van der Waals surface area contributed by atoms with Gasteiger partial charge in [0.2, 0.25) is 0 Å². The zero-order valence-corrected chi connectivity index (χ0v) is 13.5. The zero-order valence-electron chi connectivity index (χ0n) is 13.5. The molecule has 0 aliphatic rings. The first-order chi connectivity index (χ1) is 10.3. The van der Waals surface area contributed by atoms with E-state index in [-0.39, 0.29) is 6.10 Å². The lowest BCUT2D eigenvalue weighted by Gasteiger charge is -2.11. The van der Waals surface area contributed by atoms with Crippen LogP contribution in [-0.4, -0.2) is 5.11 Å². The lowest BCUT2D eigenvalue weighted by Crippen LogP contribution is -1.97. The highest BCUT2D eigenvalue weighted by atomic mass is 16.3. The fraction of sp³-hybridized carbons (Fsp3) is 0.600. The second-order valence-electron chi connectivity index (χ2n) is 5.90. The van der Waals surface area contributed by atoms with Crippen LogP contribution >= 0.6 is 0 Å². The molecule has 1 N–H and O–H groups in total. The first-order valence-corrected chi connectivity index (χ1v) is 8.52. The van der Waals surface area contributed by atoms with Crippen molar-refractivity contribution in [2.75, 3.05) is 0 Å². The van der Waals surface area contributed by atoms with Crippen LogP contribution in [0.15, 0.2) is 24.3 Å². The van der Waals surface area contributed by atoms with Gasteiger partial charge in [-0.25, -0.2) is 0 Å². The van der Waals surface area contributed by atoms with Gasteiger partial charge < -0.3 is 5.11 Å². The third kappa shape index (κ3) is 7.93. The fourth-order valence-electron chi connectivity index (χ4n) is 2.62. The SMILES string of the molecule is C#Cc1ccc([C@H](O)CCCCCCCCCCC)cc1. The molecule has 0 amide bonds. The average molecular weight is 286 g/mol. The van der Waals surface area contributed by atoms with Crippen LogP contribution in [0.4, 0.5) is 0 Å². The van der Waals surface area contributed by atoms with Crippen LogP contribution in [0, 0.1) is 12.3 Å². The minimum absolute atomic E-state index is 0.346. The molecule has 1 aromatic carbocycles. The maximum atomic E-state index is 10.1. The summed E-state index contributed by atoms with van der Waals surface area (Å²) < 4.78 is 0. The summed E-state index contributed by atoms with van der Waals surface area (Å²) in [7, 11) is 0. The van der Waals surface area contributed by atoms with Gasteiger partial charge in [-0.2, -0.15) is 0 Å². The molecule has 0 aliphatic heterocycles. The van der Waals surface area contributed by atoms with Gasteiger partial charge in [0, 0.05) is 5.56 Å². The molecular weight excluding hydrogens is 256 g/mol. The zero-order chi connectivity index (χ0) is 15.3. The van der Waals surface area contributed by atoms with Gasteiger partial charge in [-0.15, -0.1) is 6.42 Å². The van der Waals surface area contributed by atoms with Gasteiger partial charge in [-0.05, 0) is 24.1 Å². The smallest absolute Gasteiger partial charge is 0.0790 e. The summed E-state index contributed by atoms with van der Waals surface area (Å²) in [6, 6.07) is 7.67. The van der Waals surface area contributed by atoms with Gasteiger partial charge in [0.25, 0.3) is 0 Å². The minimum atomic E-state index is -0.346. The number of benzene rings is 1. The van der Waals surface area contributed by atoms with Crippen LogP contribution in [0.3, 0.4) is 0 Å². The second kappa shape index (κ2) is 11.4. The van der Waals surface area contributed by atoms with Crippen LogP contribution in [0.2, 0.25) is 0 Å². The highest BCUT2D eigenvalue weighted by molar-refractivity contribution is 5.34. The predicted molar refractivity (Wildman–Crippen MR) is 91.2 cm³/mol. The Bertz CT molecular complexity index is 399. The van der Waals surface area contributed by atoms with Crippen molar-refractivity contribution in [2.45, 2.75) is 77.2 Å². The molecule has 0 aliphatic carbocycles. The second-order valence-corrected chi connectivity index (χ2v) is 5.90. The predicted octanol–water partition coefficient (Wildman–Crippen LogP) is 5.62. The standard InChI is InChI=1S/C20H30O/c1-3-5-6-7-8-9-10-11-12-13-20(21)19-16-14-18(4-2)15-17-19/h2,14-17,20-21H,3,5-13H2,1H3/t20-/m1/s1. The Morgan fingerprint density at radius 3 is 1.95 bits per heavy atom. The summed E-state index contributed by atoms with van der Waals surface area (Å²) in [5, 5.41) is 10.1. The van der Waals surface area contributed by atoms with Crippen molar-refractivity contribution >= 4 is 0 Å². The van der Waals surface area contributed by atoms with E-state index in [9.17, 15) is 5.11 Å². The molecule has 0 spiro atoms. The molecule has 1 nitrogen and oxygen atoms in total. The Kier molecular flexibility index (Phi) is 9.66. The lowest BCUT2D eigenvalue weighted by molar-refractivity contribution is 0.163. The molecule has 21 heavy (non-hydrogen) atoms. The topological polar surface area (TPSA) is 20.2 Å². The molecular formula is C20H30O. The van der Waals surface area contributed by atoms with E-state index in [0.717, 1.165) is 24.0 Å². The Balaban J connectivity index is 2.05. The van der Waals surface area contributed by atoms with E-state index in [4.69, 9.17) is 6.42 Å². The Morgan fingerprint density at radius 2 is 1.43 bits per heavy atom. The molecule has 0 heterocycles. The summed E-state index contributed by atoms with van der Waals surface area (Å²) in [6.45, 7) is 2.26. The maximum absolute atomic E-state index is 10.1. The number of aliphatic hydroxyl groups is 1. The van der Waals surface area contributed by atoms with E-state index < -0.39 is 0 Å². The van der Waals surface area contributed by atoms with Crippen LogP contribution in [0.1, 0.15) is 88.4 Å². The van der Waals surface area contributed by atoms with Crippen LogP contribution in [0.25, 0.3) is 0 Å². The number of hydrogen-bond donors (Lipinski definition) is 1. The Labute approximate surface area is 130 Å². The quantitative estimate of drug-likeness (QED) is 0.413. The van der Waals surface area contributed by atoms with Crippen LogP contribution in [0.5, 0.6) is 0 Å². The van der Waals surface area contributed by atoms with Crippen molar-refractivity contribution in [3.63, 3.8) is 0 Å². The Hall–Kier alpha value is -1.26. The normalized spacial score (nSPS) is 12.0. The summed E-state index contributed by atoms with van der Waals surface area (Å²) in [5.41, 5.74) is 1.85. The van der Waals surface area contributed by atoms with E-state index in [0.29, 0.717) is 0 Å². The number of terminal acetylenes is 1. The molecule has 1 atom stereocenters. The molecule has 1 aromatic rings. The summed E-state index contributed by atoms with van der Waals surface area (Å²) in [6.07, 6.45) is 17.7. The molecule has 0 saturated carbocycles. The number of aliphatic hydroxyl groups excluding tert-OH is 1. The molecule has 0 aromatic heterocycles. The summed E-state index contributed by atoms with van der Waals surface area (Å²) >= 11 is 0. The van der Waals surface area contributed by atoms with Crippen molar-refractivity contribution in [3.8, 4) is 12.3 Å². The van der Waals surface area contributed by atoms with Gasteiger partial charge in [0.05, 0.1) is 6.10 Å². The minimum Gasteiger partial charge on any atom is -0.388 e. The molecule has 0 bridgehead atoms. The number of rotatable bonds is 11. The third-order valence-corrected chi connectivity index (χ3v) is 4.04. The van der Waals surface area contributed by atoms with Gasteiger partial charge in [0.1, 0.15) is 0 Å². The fourth-order valence-corrected chi connectivity index (χ4v) is 2.62. The largest absolute Gasteiger partial charge is 0.388 e. The van der Waals surface area contributed by atoms with Crippen LogP contribution < -0.4 is 0 Å². The van der Waals surface area contributed by atoms with E-state index in [1.165, 1.54) is 51.4 Å². The summed E-state index contributed by atoms with van der Waals surface area (Å²) in [5.74, 6) is 2.60. The third-order valence-electron chi connectivity index (χ3n) is 4.04. The Morgan fingerprint density at radius 1 is 0.905 bits per heavy atom.